The second-order valence-corrected chi connectivity index (χ2v) is 7.64. The molecule has 2 amide bonds. The van der Waals surface area contributed by atoms with Gasteiger partial charge in [-0.3, -0.25) is 9.69 Å². The molecule has 2 fully saturated rings. The largest absolute Gasteiger partial charge is 0.448 e. The Morgan fingerprint density at radius 2 is 2.14 bits per heavy atom. The van der Waals surface area contributed by atoms with Crippen LogP contribution in [-0.2, 0) is 9.53 Å². The summed E-state index contributed by atoms with van der Waals surface area (Å²) in [7, 11) is 0. The highest BCUT2D eigenvalue weighted by Crippen LogP contribution is 2.21. The summed E-state index contributed by atoms with van der Waals surface area (Å²) >= 11 is 0. The molecule has 0 aromatic rings. The van der Waals surface area contributed by atoms with E-state index in [9.17, 15) is 9.59 Å². The highest BCUT2D eigenvalue weighted by molar-refractivity contribution is 5.82. The minimum absolute atomic E-state index is 0.0909. The molecule has 0 unspecified atom stereocenters. The number of hydrogen-bond acceptors (Lipinski definition) is 4. The Morgan fingerprint density at radius 1 is 1.36 bits per heavy atom. The number of nitrogens with zero attached hydrogens (tertiary/aromatic N) is 2. The van der Waals surface area contributed by atoms with Crippen LogP contribution < -0.4 is 5.32 Å². The lowest BCUT2D eigenvalue weighted by Crippen LogP contribution is -2.45. The summed E-state index contributed by atoms with van der Waals surface area (Å²) in [5.74, 6) is 0.414. The van der Waals surface area contributed by atoms with Gasteiger partial charge in [-0.1, -0.05) is 20.8 Å². The van der Waals surface area contributed by atoms with Crippen molar-refractivity contribution < 1.29 is 14.3 Å². The molecular formula is C16H29N3O3. The quantitative estimate of drug-likeness (QED) is 0.832. The fraction of sp³-hybridized carbons (Fsp3) is 0.875. The zero-order valence-corrected chi connectivity index (χ0v) is 14.1. The average molecular weight is 311 g/mol. The van der Waals surface area contributed by atoms with Gasteiger partial charge in [0.2, 0.25) is 5.91 Å². The molecule has 0 radical (unpaired) electrons. The normalized spacial score (nSPS) is 23.5. The van der Waals surface area contributed by atoms with E-state index in [1.54, 1.807) is 0 Å². The molecule has 6 heteroatoms. The summed E-state index contributed by atoms with van der Waals surface area (Å²) in [5.41, 5.74) is 0.307. The van der Waals surface area contributed by atoms with Gasteiger partial charge in [-0.2, -0.15) is 0 Å². The molecule has 2 aliphatic rings. The number of carbonyl (C=O) groups is 2. The fourth-order valence-electron chi connectivity index (χ4n) is 3.19. The van der Waals surface area contributed by atoms with Crippen LogP contribution in [-0.4, -0.2) is 67.7 Å². The predicted molar refractivity (Wildman–Crippen MR) is 84.5 cm³/mol. The summed E-state index contributed by atoms with van der Waals surface area (Å²) < 4.78 is 4.82. The number of piperidine rings is 1. The average Bonchev–Trinajstić information content (AvgIpc) is 2.80. The first-order valence-corrected chi connectivity index (χ1v) is 8.24. The first-order chi connectivity index (χ1) is 10.3. The van der Waals surface area contributed by atoms with E-state index < -0.39 is 0 Å². The molecule has 2 rings (SSSR count). The van der Waals surface area contributed by atoms with Crippen molar-refractivity contribution in [2.45, 2.75) is 33.6 Å². The molecule has 0 aromatic carbocycles. The van der Waals surface area contributed by atoms with Crippen molar-refractivity contribution in [3.8, 4) is 0 Å². The van der Waals surface area contributed by atoms with Crippen molar-refractivity contribution in [1.82, 2.24) is 15.1 Å². The first-order valence-electron chi connectivity index (χ1n) is 8.24. The summed E-state index contributed by atoms with van der Waals surface area (Å²) in [6.07, 6.45) is 1.96. The highest BCUT2D eigenvalue weighted by Gasteiger charge is 2.26. The summed E-state index contributed by atoms with van der Waals surface area (Å²) in [5, 5.41) is 2.97. The molecule has 1 N–H and O–H groups in total. The SMILES string of the molecule is CC(C)(C)CN1CCC[C@H](CNC(=O)CN2CCOC2=O)C1. The van der Waals surface area contributed by atoms with Gasteiger partial charge in [0.15, 0.2) is 0 Å². The topological polar surface area (TPSA) is 61.9 Å². The highest BCUT2D eigenvalue weighted by atomic mass is 16.6. The van der Waals surface area contributed by atoms with E-state index in [0.717, 1.165) is 26.1 Å². The van der Waals surface area contributed by atoms with Gasteiger partial charge < -0.3 is 15.0 Å². The predicted octanol–water partition coefficient (Wildman–Crippen LogP) is 1.31. The third-order valence-corrected chi connectivity index (χ3v) is 4.07. The van der Waals surface area contributed by atoms with Crippen molar-refractivity contribution in [3.63, 3.8) is 0 Å². The van der Waals surface area contributed by atoms with Crippen LogP contribution in [0.5, 0.6) is 0 Å². The first kappa shape index (κ1) is 17.1. The number of likely N-dealkylation sites (tertiary alicyclic amines) is 1. The van der Waals surface area contributed by atoms with Gasteiger partial charge in [0.25, 0.3) is 0 Å². The van der Waals surface area contributed by atoms with Crippen molar-refractivity contribution in [2.24, 2.45) is 11.3 Å². The van der Waals surface area contributed by atoms with Gasteiger partial charge in [-0.05, 0) is 30.7 Å². The second-order valence-electron chi connectivity index (χ2n) is 7.64. The number of ether oxygens (including phenoxy) is 1. The number of amides is 2. The number of hydrogen-bond donors (Lipinski definition) is 1. The maximum atomic E-state index is 11.9. The summed E-state index contributed by atoms with van der Waals surface area (Å²) in [6.45, 7) is 11.8. The number of nitrogens with one attached hydrogen (secondary N) is 1. The lowest BCUT2D eigenvalue weighted by Gasteiger charge is -2.36. The zero-order chi connectivity index (χ0) is 16.2. The van der Waals surface area contributed by atoms with Crippen LogP contribution in [0.3, 0.4) is 0 Å². The monoisotopic (exact) mass is 311 g/mol. The summed E-state index contributed by atoms with van der Waals surface area (Å²) in [6, 6.07) is 0. The van der Waals surface area contributed by atoms with Crippen LogP contribution in [0.1, 0.15) is 33.6 Å². The van der Waals surface area contributed by atoms with Gasteiger partial charge >= 0.3 is 6.09 Å². The lowest BCUT2D eigenvalue weighted by molar-refractivity contribution is -0.121. The smallest absolute Gasteiger partial charge is 0.410 e. The zero-order valence-electron chi connectivity index (χ0n) is 14.1. The van der Waals surface area contributed by atoms with Crippen molar-refractivity contribution >= 4 is 12.0 Å². The molecule has 1 atom stereocenters. The molecule has 0 aromatic heterocycles. The Labute approximate surface area is 133 Å². The molecule has 126 valence electrons. The van der Waals surface area contributed by atoms with E-state index in [1.165, 1.54) is 11.3 Å². The van der Waals surface area contributed by atoms with E-state index in [4.69, 9.17) is 4.74 Å². The number of rotatable bonds is 5. The van der Waals surface area contributed by atoms with Crippen LogP contribution >= 0.6 is 0 Å². The van der Waals surface area contributed by atoms with Crippen LogP contribution in [0.25, 0.3) is 0 Å². The van der Waals surface area contributed by atoms with Gasteiger partial charge in [0.1, 0.15) is 13.2 Å². The molecule has 0 saturated carbocycles. The molecule has 0 aliphatic carbocycles. The van der Waals surface area contributed by atoms with Crippen molar-refractivity contribution in [2.75, 3.05) is 45.9 Å². The molecular weight excluding hydrogens is 282 g/mol. The van der Waals surface area contributed by atoms with Crippen LogP contribution in [0, 0.1) is 11.3 Å². The third-order valence-electron chi connectivity index (χ3n) is 4.07. The van der Waals surface area contributed by atoms with Gasteiger partial charge in [-0.25, -0.2) is 4.79 Å². The molecule has 2 aliphatic heterocycles. The molecule has 6 nitrogen and oxygen atoms in total. The number of cyclic esters (lactones) is 1. The Morgan fingerprint density at radius 3 is 2.77 bits per heavy atom. The molecule has 0 bridgehead atoms. The Bertz CT molecular complexity index is 406. The van der Waals surface area contributed by atoms with Gasteiger partial charge in [0.05, 0.1) is 6.54 Å². The van der Waals surface area contributed by atoms with Gasteiger partial charge in [-0.15, -0.1) is 0 Å². The Hall–Kier alpha value is -1.30. The third kappa shape index (κ3) is 5.48. The van der Waals surface area contributed by atoms with Crippen LogP contribution in [0.15, 0.2) is 0 Å². The standard InChI is InChI=1S/C16H29N3O3/c1-16(2,3)12-18-6-4-5-13(10-18)9-17-14(20)11-19-7-8-22-15(19)21/h13H,4-12H2,1-3H3,(H,17,20)/t13-/m1/s1. The van der Waals surface area contributed by atoms with Gasteiger partial charge in [0, 0.05) is 19.6 Å². The Balaban J connectivity index is 1.69. The minimum Gasteiger partial charge on any atom is -0.448 e. The molecule has 2 saturated heterocycles. The Kier molecular flexibility index (Phi) is 5.67. The molecule has 22 heavy (non-hydrogen) atoms. The second kappa shape index (κ2) is 7.31. The molecule has 0 spiro atoms. The lowest BCUT2D eigenvalue weighted by atomic mass is 9.92. The van der Waals surface area contributed by atoms with E-state index in [0.29, 0.717) is 31.0 Å². The fourth-order valence-corrected chi connectivity index (χ4v) is 3.19. The van der Waals surface area contributed by atoms with E-state index >= 15 is 0 Å². The number of carbonyl (C=O) groups excluding carboxylic acids is 2. The van der Waals surface area contributed by atoms with Crippen LogP contribution in [0.2, 0.25) is 0 Å². The van der Waals surface area contributed by atoms with Crippen molar-refractivity contribution in [3.05, 3.63) is 0 Å². The summed E-state index contributed by atoms with van der Waals surface area (Å²) in [4.78, 5) is 27.2. The molecule has 2 heterocycles. The van der Waals surface area contributed by atoms with Crippen LogP contribution in [0.4, 0.5) is 4.79 Å². The maximum absolute atomic E-state index is 11.9. The van der Waals surface area contributed by atoms with Crippen molar-refractivity contribution in [1.29, 1.82) is 0 Å². The van der Waals surface area contributed by atoms with E-state index in [1.807, 2.05) is 0 Å². The van der Waals surface area contributed by atoms with E-state index in [2.05, 4.69) is 31.0 Å². The van der Waals surface area contributed by atoms with E-state index in [-0.39, 0.29) is 18.5 Å². The maximum Gasteiger partial charge on any atom is 0.410 e. The minimum atomic E-state index is -0.385.